The zero-order valence-corrected chi connectivity index (χ0v) is 20.9. The summed E-state index contributed by atoms with van der Waals surface area (Å²) in [5, 5.41) is 11.8. The number of morpholine rings is 1. The number of rotatable bonds is 5. The van der Waals surface area contributed by atoms with Crippen LogP contribution in [0, 0.1) is 0 Å². The fraction of sp³-hybridized carbons (Fsp3) is 0.407. The van der Waals surface area contributed by atoms with Crippen LogP contribution in [0.3, 0.4) is 0 Å². The van der Waals surface area contributed by atoms with Gasteiger partial charge in [0.25, 0.3) is 5.91 Å². The molecule has 3 aliphatic heterocycles. The van der Waals surface area contributed by atoms with Crippen LogP contribution in [0.25, 0.3) is 10.9 Å². The van der Waals surface area contributed by atoms with Crippen molar-refractivity contribution in [2.75, 3.05) is 39.4 Å². The molecule has 0 saturated carbocycles. The van der Waals surface area contributed by atoms with E-state index in [9.17, 15) is 14.7 Å². The summed E-state index contributed by atoms with van der Waals surface area (Å²) in [5.74, 6) is -0.0671. The largest absolute Gasteiger partial charge is 0.508 e. The molecule has 2 saturated heterocycles. The third kappa shape index (κ3) is 3.67. The lowest BCUT2D eigenvalue weighted by molar-refractivity contribution is -0.133. The van der Waals surface area contributed by atoms with Gasteiger partial charge in [0, 0.05) is 54.2 Å². The van der Waals surface area contributed by atoms with Gasteiger partial charge in [0.2, 0.25) is 0 Å². The highest BCUT2D eigenvalue weighted by molar-refractivity contribution is 6.31. The fourth-order valence-corrected chi connectivity index (χ4v) is 6.17. The lowest BCUT2D eigenvalue weighted by Gasteiger charge is -2.42. The molecule has 36 heavy (non-hydrogen) atoms. The van der Waals surface area contributed by atoms with Gasteiger partial charge in [-0.05, 0) is 54.8 Å². The third-order valence-corrected chi connectivity index (χ3v) is 8.01. The van der Waals surface area contributed by atoms with Crippen LogP contribution < -0.4 is 0 Å². The van der Waals surface area contributed by atoms with Crippen molar-refractivity contribution in [1.29, 1.82) is 0 Å². The molecule has 3 aliphatic rings. The van der Waals surface area contributed by atoms with Gasteiger partial charge in [-0.3, -0.25) is 19.5 Å². The molecule has 0 spiro atoms. The Hall–Kier alpha value is -3.07. The number of aromatic amines is 1. The first-order valence-electron chi connectivity index (χ1n) is 12.4. The number of carbonyl (C=O) groups excluding carboxylic acids is 2. The van der Waals surface area contributed by atoms with Crippen LogP contribution in [-0.2, 0) is 16.0 Å². The highest BCUT2D eigenvalue weighted by Gasteiger charge is 2.60. The molecule has 2 atom stereocenters. The van der Waals surface area contributed by atoms with Crippen molar-refractivity contribution >= 4 is 34.4 Å². The van der Waals surface area contributed by atoms with Crippen molar-refractivity contribution in [3.8, 4) is 5.75 Å². The molecular weight excluding hydrogens is 480 g/mol. The topological polar surface area (TPSA) is 89.1 Å². The number of amides is 3. The van der Waals surface area contributed by atoms with Crippen LogP contribution >= 0.6 is 11.6 Å². The molecule has 1 aromatic heterocycles. The number of ether oxygens (including phenoxy) is 1. The van der Waals surface area contributed by atoms with Crippen molar-refractivity contribution in [3.63, 3.8) is 0 Å². The van der Waals surface area contributed by atoms with Crippen molar-refractivity contribution in [2.24, 2.45) is 0 Å². The maximum absolute atomic E-state index is 13.9. The Morgan fingerprint density at radius 2 is 1.94 bits per heavy atom. The van der Waals surface area contributed by atoms with Crippen LogP contribution in [-0.4, -0.2) is 81.7 Å². The number of nitrogens with zero attached hydrogens (tertiary/aromatic N) is 3. The van der Waals surface area contributed by atoms with Crippen LogP contribution in [0.5, 0.6) is 5.75 Å². The van der Waals surface area contributed by atoms with Gasteiger partial charge < -0.3 is 14.8 Å². The summed E-state index contributed by atoms with van der Waals surface area (Å²) < 4.78 is 5.42. The van der Waals surface area contributed by atoms with Gasteiger partial charge in [0.05, 0.1) is 13.2 Å². The molecular formula is C27H29ClN4O4. The predicted molar refractivity (Wildman–Crippen MR) is 136 cm³/mol. The van der Waals surface area contributed by atoms with Gasteiger partial charge >= 0.3 is 6.03 Å². The van der Waals surface area contributed by atoms with Gasteiger partial charge in [-0.2, -0.15) is 0 Å². The van der Waals surface area contributed by atoms with Crippen LogP contribution in [0.1, 0.15) is 36.2 Å². The van der Waals surface area contributed by atoms with Crippen LogP contribution in [0.15, 0.2) is 42.5 Å². The lowest BCUT2D eigenvalue weighted by Crippen LogP contribution is -2.53. The number of aromatic nitrogens is 1. The number of hydrogen-bond donors (Lipinski definition) is 2. The van der Waals surface area contributed by atoms with Crippen molar-refractivity contribution in [3.05, 3.63) is 64.3 Å². The van der Waals surface area contributed by atoms with E-state index in [-0.39, 0.29) is 17.7 Å². The molecule has 0 bridgehead atoms. The van der Waals surface area contributed by atoms with Gasteiger partial charge in [-0.1, -0.05) is 23.7 Å². The Morgan fingerprint density at radius 1 is 1.14 bits per heavy atom. The second-order valence-corrected chi connectivity index (χ2v) is 10.5. The van der Waals surface area contributed by atoms with Gasteiger partial charge in [-0.15, -0.1) is 0 Å². The van der Waals surface area contributed by atoms with E-state index in [4.69, 9.17) is 16.3 Å². The van der Waals surface area contributed by atoms with E-state index in [0.717, 1.165) is 60.6 Å². The fourth-order valence-electron chi connectivity index (χ4n) is 6.00. The summed E-state index contributed by atoms with van der Waals surface area (Å²) in [6.45, 7) is 6.22. The van der Waals surface area contributed by atoms with Crippen LogP contribution in [0.4, 0.5) is 4.79 Å². The summed E-state index contributed by atoms with van der Waals surface area (Å²) in [4.78, 5) is 36.7. The molecule has 9 heteroatoms. The summed E-state index contributed by atoms with van der Waals surface area (Å²) in [5.41, 5.74) is 2.44. The number of urea groups is 1. The van der Waals surface area contributed by atoms with Gasteiger partial charge in [0.1, 0.15) is 17.3 Å². The molecule has 2 aromatic carbocycles. The van der Waals surface area contributed by atoms with E-state index in [1.54, 1.807) is 23.1 Å². The maximum atomic E-state index is 13.9. The number of imide groups is 1. The summed E-state index contributed by atoms with van der Waals surface area (Å²) >= 11 is 6.34. The minimum absolute atomic E-state index is 0.112. The van der Waals surface area contributed by atoms with Crippen molar-refractivity contribution < 1.29 is 19.4 Å². The molecule has 2 unspecified atom stereocenters. The van der Waals surface area contributed by atoms with Crippen molar-refractivity contribution in [1.82, 2.24) is 19.7 Å². The minimum Gasteiger partial charge on any atom is -0.508 e. The number of benzene rings is 2. The second-order valence-electron chi connectivity index (χ2n) is 10.1. The lowest BCUT2D eigenvalue weighted by atomic mass is 9.81. The van der Waals surface area contributed by atoms with Crippen LogP contribution in [0.2, 0.25) is 5.02 Å². The average molecular weight is 509 g/mol. The molecule has 0 aliphatic carbocycles. The zero-order valence-electron chi connectivity index (χ0n) is 20.2. The number of fused-ring (bicyclic) bond motifs is 4. The summed E-state index contributed by atoms with van der Waals surface area (Å²) in [6.07, 6.45) is 1.10. The van der Waals surface area contributed by atoms with E-state index in [0.29, 0.717) is 24.4 Å². The van der Waals surface area contributed by atoms with E-state index in [1.807, 2.05) is 31.2 Å². The second kappa shape index (κ2) is 8.80. The first-order chi connectivity index (χ1) is 17.4. The summed E-state index contributed by atoms with van der Waals surface area (Å²) in [6, 6.07) is 11.7. The number of phenolic OH excluding ortho intramolecular Hbond substituents is 1. The number of hydrogen-bond acceptors (Lipinski definition) is 5. The highest BCUT2D eigenvalue weighted by Crippen LogP contribution is 2.49. The Bertz CT molecular complexity index is 1350. The Balaban J connectivity index is 1.39. The van der Waals surface area contributed by atoms with E-state index in [1.165, 1.54) is 4.90 Å². The molecule has 3 amide bonds. The van der Waals surface area contributed by atoms with Gasteiger partial charge in [0.15, 0.2) is 0 Å². The number of H-pyrrole nitrogens is 1. The van der Waals surface area contributed by atoms with E-state index in [2.05, 4.69) is 9.88 Å². The number of aromatic hydroxyl groups is 1. The maximum Gasteiger partial charge on any atom is 0.328 e. The van der Waals surface area contributed by atoms with E-state index >= 15 is 0 Å². The predicted octanol–water partition coefficient (Wildman–Crippen LogP) is 3.92. The first-order valence-corrected chi connectivity index (χ1v) is 12.8. The quantitative estimate of drug-likeness (QED) is 0.510. The molecule has 6 rings (SSSR count). The number of carbonyl (C=O) groups is 2. The SMILES string of the molecule is CC12Cc3c([nH]c4ccc(Cl)cc34)C(c3cccc(O)c3)N1C(=O)N(CCCN1CCOCC1)C2=O. The van der Waals surface area contributed by atoms with E-state index < -0.39 is 11.6 Å². The number of phenols is 1. The molecule has 0 radical (unpaired) electrons. The molecule has 188 valence electrons. The van der Waals surface area contributed by atoms with Gasteiger partial charge in [-0.25, -0.2) is 4.79 Å². The number of halogens is 1. The molecule has 2 fully saturated rings. The molecule has 2 N–H and O–H groups in total. The average Bonchev–Trinajstić information content (AvgIpc) is 3.30. The zero-order chi connectivity index (χ0) is 25.0. The van der Waals surface area contributed by atoms with Crippen molar-refractivity contribution in [2.45, 2.75) is 31.3 Å². The first kappa shape index (κ1) is 23.3. The third-order valence-electron chi connectivity index (χ3n) is 7.77. The Labute approximate surface area is 214 Å². The summed E-state index contributed by atoms with van der Waals surface area (Å²) in [7, 11) is 0. The molecule has 8 nitrogen and oxygen atoms in total. The Kier molecular flexibility index (Phi) is 5.70. The normalized spacial score (nSPS) is 24.4. The minimum atomic E-state index is -1.05. The number of nitrogens with one attached hydrogen (secondary N) is 1. The monoisotopic (exact) mass is 508 g/mol. The standard InChI is InChI=1S/C27H29ClN4O4/c1-27-16-21-20-15-18(28)6-7-22(20)29-23(21)24(17-4-2-5-19(33)14-17)32(27)26(35)31(25(27)34)9-3-8-30-10-12-36-13-11-30/h2,4-7,14-15,24,29,33H,3,8-13,16H2,1H3. The molecule has 3 aromatic rings. The highest BCUT2D eigenvalue weighted by atomic mass is 35.5. The molecule has 4 heterocycles. The smallest absolute Gasteiger partial charge is 0.328 e. The Morgan fingerprint density at radius 3 is 2.72 bits per heavy atom.